The van der Waals surface area contributed by atoms with Crippen molar-refractivity contribution < 1.29 is 35.9 Å². The third kappa shape index (κ3) is 6.10. The van der Waals surface area contributed by atoms with Gasteiger partial charge >= 0.3 is 12.4 Å². The molecule has 2 saturated heterocycles. The van der Waals surface area contributed by atoms with Crippen LogP contribution in [0.15, 0.2) is 36.4 Å². The molecular formula is C26H23F6N5O2S. The van der Waals surface area contributed by atoms with Crippen LogP contribution in [0.2, 0.25) is 0 Å². The van der Waals surface area contributed by atoms with Gasteiger partial charge in [-0.2, -0.15) is 31.6 Å². The van der Waals surface area contributed by atoms with E-state index in [1.165, 1.54) is 29.5 Å². The number of rotatable bonds is 6. The predicted molar refractivity (Wildman–Crippen MR) is 136 cm³/mol. The summed E-state index contributed by atoms with van der Waals surface area (Å²) in [5, 5.41) is 12.6. The van der Waals surface area contributed by atoms with E-state index in [1.807, 2.05) is 0 Å². The molecule has 212 valence electrons. The van der Waals surface area contributed by atoms with Gasteiger partial charge in [0.2, 0.25) is 5.91 Å². The highest BCUT2D eigenvalue weighted by molar-refractivity contribution is 7.22. The Balaban J connectivity index is 1.06. The van der Waals surface area contributed by atoms with E-state index in [1.54, 1.807) is 15.9 Å². The number of halogens is 6. The van der Waals surface area contributed by atoms with E-state index in [2.05, 4.69) is 10.3 Å². The lowest BCUT2D eigenvalue weighted by molar-refractivity contribution is -0.142. The van der Waals surface area contributed by atoms with Gasteiger partial charge in [-0.1, -0.05) is 11.3 Å². The molecule has 2 aliphatic rings. The van der Waals surface area contributed by atoms with E-state index in [4.69, 9.17) is 10.00 Å². The number of ether oxygens (including phenoxy) is 1. The molecule has 3 heterocycles. The van der Waals surface area contributed by atoms with Gasteiger partial charge in [-0.15, -0.1) is 0 Å². The van der Waals surface area contributed by atoms with Crippen molar-refractivity contribution in [3.8, 4) is 6.07 Å². The lowest BCUT2D eigenvalue weighted by Gasteiger charge is -2.40. The molecule has 1 aromatic heterocycles. The quantitative estimate of drug-likeness (QED) is 0.386. The molecule has 0 aliphatic carbocycles. The average molecular weight is 584 g/mol. The Hall–Kier alpha value is -3.57. The van der Waals surface area contributed by atoms with Gasteiger partial charge in [0.05, 0.1) is 45.1 Å². The first-order chi connectivity index (χ1) is 18.9. The lowest BCUT2D eigenvalue weighted by atomic mass is 10.0. The van der Waals surface area contributed by atoms with Crippen LogP contribution >= 0.6 is 11.3 Å². The molecule has 3 aromatic rings. The van der Waals surface area contributed by atoms with Gasteiger partial charge in [-0.3, -0.25) is 4.79 Å². The van der Waals surface area contributed by atoms with Crippen LogP contribution in [0.1, 0.15) is 29.5 Å². The van der Waals surface area contributed by atoms with Gasteiger partial charge in [-0.25, -0.2) is 4.98 Å². The summed E-state index contributed by atoms with van der Waals surface area (Å²) in [6, 6.07) is 8.59. The highest BCUT2D eigenvalue weighted by Crippen LogP contribution is 2.36. The fourth-order valence-corrected chi connectivity index (χ4v) is 5.66. The Morgan fingerprint density at radius 3 is 2.45 bits per heavy atom. The smallest absolute Gasteiger partial charge is 0.371 e. The molecule has 40 heavy (non-hydrogen) atoms. The van der Waals surface area contributed by atoms with Crippen molar-refractivity contribution in [2.75, 3.05) is 43.0 Å². The number of anilines is 2. The summed E-state index contributed by atoms with van der Waals surface area (Å²) in [5.74, 6) is -0.193. The standard InChI is InChI=1S/C26H23F6N5O2S/c27-25(28,29)16-2-4-22-21(9-16)35-24(40-22)34-17-12-37(13-17)23(38)14-39-19-5-7-36(8-6-19)18-3-1-15(11-33)20(10-18)26(30,31)32/h1-4,9-10,17,19H,5-8,12-14H2,(H,34,35). The summed E-state index contributed by atoms with van der Waals surface area (Å²) < 4.78 is 85.0. The van der Waals surface area contributed by atoms with Crippen molar-refractivity contribution in [1.82, 2.24) is 9.88 Å². The second-order valence-corrected chi connectivity index (χ2v) is 10.7. The number of nitrogens with zero attached hydrogens (tertiary/aromatic N) is 4. The summed E-state index contributed by atoms with van der Waals surface area (Å²) in [7, 11) is 0. The number of thiazole rings is 1. The van der Waals surface area contributed by atoms with Crippen LogP contribution < -0.4 is 10.2 Å². The third-order valence-corrected chi connectivity index (χ3v) is 7.92. The largest absolute Gasteiger partial charge is 0.417 e. The van der Waals surface area contributed by atoms with E-state index in [9.17, 15) is 31.1 Å². The lowest BCUT2D eigenvalue weighted by Crippen LogP contribution is -2.58. The summed E-state index contributed by atoms with van der Waals surface area (Å²) in [4.78, 5) is 20.2. The molecule has 0 spiro atoms. The van der Waals surface area contributed by atoms with Crippen LogP contribution in [0.5, 0.6) is 0 Å². The number of hydrogen-bond donors (Lipinski definition) is 1. The van der Waals surface area contributed by atoms with E-state index in [-0.39, 0.29) is 30.2 Å². The first-order valence-corrected chi connectivity index (χ1v) is 13.2. The molecule has 0 radical (unpaired) electrons. The molecule has 2 fully saturated rings. The fourth-order valence-electron chi connectivity index (χ4n) is 4.74. The average Bonchev–Trinajstić information content (AvgIpc) is 3.30. The van der Waals surface area contributed by atoms with Crippen LogP contribution in [0.3, 0.4) is 0 Å². The monoisotopic (exact) mass is 583 g/mol. The molecule has 14 heteroatoms. The maximum Gasteiger partial charge on any atom is 0.417 e. The predicted octanol–water partition coefficient (Wildman–Crippen LogP) is 5.51. The van der Waals surface area contributed by atoms with Crippen molar-refractivity contribution in [1.29, 1.82) is 5.26 Å². The van der Waals surface area contributed by atoms with E-state index in [0.29, 0.717) is 54.5 Å². The summed E-state index contributed by atoms with van der Waals surface area (Å²) in [5.41, 5.74) is -1.50. The van der Waals surface area contributed by atoms with Gasteiger partial charge in [0.25, 0.3) is 0 Å². The van der Waals surface area contributed by atoms with Crippen molar-refractivity contribution in [3.05, 3.63) is 53.1 Å². The molecule has 1 N–H and O–H groups in total. The van der Waals surface area contributed by atoms with E-state index < -0.39 is 29.0 Å². The van der Waals surface area contributed by atoms with Crippen molar-refractivity contribution in [3.63, 3.8) is 0 Å². The minimum Gasteiger partial charge on any atom is -0.371 e. The maximum absolute atomic E-state index is 13.3. The number of nitriles is 1. The molecule has 2 aliphatic heterocycles. The second kappa shape index (κ2) is 10.8. The number of nitrogens with one attached hydrogen (secondary N) is 1. The SMILES string of the molecule is N#Cc1ccc(N2CCC(OCC(=O)N3CC(Nc4nc5cc(C(F)(F)F)ccc5s4)C3)CC2)cc1C(F)(F)F. The first-order valence-electron chi connectivity index (χ1n) is 12.4. The topological polar surface area (TPSA) is 81.5 Å². The summed E-state index contributed by atoms with van der Waals surface area (Å²) in [6.07, 6.45) is -8.20. The zero-order valence-corrected chi connectivity index (χ0v) is 21.7. The molecule has 0 saturated carbocycles. The number of alkyl halides is 6. The van der Waals surface area contributed by atoms with Gasteiger partial charge in [0.1, 0.15) is 6.61 Å². The fraction of sp³-hybridized carbons (Fsp3) is 0.423. The van der Waals surface area contributed by atoms with Gasteiger partial charge in [0.15, 0.2) is 5.13 Å². The number of carbonyl (C=O) groups excluding carboxylic acids is 1. The Kier molecular flexibility index (Phi) is 7.54. The van der Waals surface area contributed by atoms with Crippen LogP contribution in [0.25, 0.3) is 10.2 Å². The molecule has 0 bridgehead atoms. The molecule has 2 aromatic carbocycles. The Morgan fingerprint density at radius 2 is 1.80 bits per heavy atom. The normalized spacial score (nSPS) is 17.1. The number of benzene rings is 2. The van der Waals surface area contributed by atoms with Crippen molar-refractivity contribution >= 4 is 38.3 Å². The van der Waals surface area contributed by atoms with Gasteiger partial charge < -0.3 is 19.9 Å². The molecule has 0 atom stereocenters. The number of carbonyl (C=O) groups is 1. The second-order valence-electron chi connectivity index (χ2n) is 9.68. The van der Waals surface area contributed by atoms with Crippen LogP contribution in [0.4, 0.5) is 37.2 Å². The van der Waals surface area contributed by atoms with Crippen molar-refractivity contribution in [2.45, 2.75) is 37.3 Å². The third-order valence-electron chi connectivity index (χ3n) is 6.96. The minimum atomic E-state index is -4.62. The number of hydrogen-bond acceptors (Lipinski definition) is 7. The molecule has 5 rings (SSSR count). The number of aromatic nitrogens is 1. The first kappa shape index (κ1) is 28.0. The highest BCUT2D eigenvalue weighted by Gasteiger charge is 2.35. The Bertz CT molecular complexity index is 1440. The molecule has 7 nitrogen and oxygen atoms in total. The van der Waals surface area contributed by atoms with Crippen LogP contribution in [-0.2, 0) is 21.9 Å². The highest BCUT2D eigenvalue weighted by atomic mass is 32.1. The zero-order valence-electron chi connectivity index (χ0n) is 20.8. The summed E-state index contributed by atoms with van der Waals surface area (Å²) in [6.45, 7) is 1.60. The van der Waals surface area contributed by atoms with E-state index in [0.717, 1.165) is 18.2 Å². The Labute approximate surface area is 228 Å². The maximum atomic E-state index is 13.3. The molecule has 0 unspecified atom stereocenters. The summed E-state index contributed by atoms with van der Waals surface area (Å²) >= 11 is 1.24. The van der Waals surface area contributed by atoms with Crippen molar-refractivity contribution in [2.24, 2.45) is 0 Å². The molecular weight excluding hydrogens is 560 g/mol. The Morgan fingerprint density at radius 1 is 1.07 bits per heavy atom. The van der Waals surface area contributed by atoms with Gasteiger partial charge in [0, 0.05) is 31.9 Å². The van der Waals surface area contributed by atoms with Crippen LogP contribution in [0, 0.1) is 11.3 Å². The van der Waals surface area contributed by atoms with Gasteiger partial charge in [-0.05, 0) is 49.2 Å². The zero-order chi connectivity index (χ0) is 28.7. The van der Waals surface area contributed by atoms with E-state index >= 15 is 0 Å². The number of amides is 1. The minimum absolute atomic E-state index is 0.0798. The number of piperidine rings is 1. The molecule has 1 amide bonds. The number of likely N-dealkylation sites (tertiary alicyclic amines) is 1. The van der Waals surface area contributed by atoms with Crippen LogP contribution in [-0.4, -0.2) is 60.7 Å². The number of fused-ring (bicyclic) bond motifs is 1.